The minimum absolute atomic E-state index is 0. The van der Waals surface area contributed by atoms with Crippen LogP contribution in [0.3, 0.4) is 0 Å². The topological polar surface area (TPSA) is 30.0 Å². The summed E-state index contributed by atoms with van der Waals surface area (Å²) < 4.78 is 1.27. The largest absolute Gasteiger partial charge is 0.870 e. The molecule has 1 saturated heterocycles. The van der Waals surface area contributed by atoms with Gasteiger partial charge in [0.25, 0.3) is 0 Å². The van der Waals surface area contributed by atoms with Gasteiger partial charge in [0.1, 0.15) is 0 Å². The summed E-state index contributed by atoms with van der Waals surface area (Å²) in [4.78, 5) is 0. The first-order valence-electron chi connectivity index (χ1n) is 5.66. The second-order valence-electron chi connectivity index (χ2n) is 5.92. The average molecular weight is 195 g/mol. The van der Waals surface area contributed by atoms with Crippen molar-refractivity contribution in [1.82, 2.24) is 0 Å². The predicted octanol–water partition coefficient (Wildman–Crippen LogP) is 1.73. The van der Waals surface area contributed by atoms with Crippen LogP contribution in [0.15, 0.2) is 12.2 Å². The fourth-order valence-corrected chi connectivity index (χ4v) is 3.97. The van der Waals surface area contributed by atoms with Crippen molar-refractivity contribution in [3.05, 3.63) is 12.2 Å². The Balaban J connectivity index is 0.000000750. The van der Waals surface area contributed by atoms with Crippen LogP contribution in [0.4, 0.5) is 0 Å². The highest BCUT2D eigenvalue weighted by Crippen LogP contribution is 2.49. The Morgan fingerprint density at radius 3 is 1.71 bits per heavy atom. The molecule has 1 heterocycles. The maximum absolute atomic E-state index is 2.51. The number of hydrogen-bond acceptors (Lipinski definition) is 1. The van der Waals surface area contributed by atoms with Crippen LogP contribution in [0.2, 0.25) is 0 Å². The van der Waals surface area contributed by atoms with Gasteiger partial charge in [0.15, 0.2) is 0 Å². The minimum Gasteiger partial charge on any atom is -0.870 e. The van der Waals surface area contributed by atoms with Crippen molar-refractivity contribution in [2.24, 2.45) is 23.7 Å². The summed E-state index contributed by atoms with van der Waals surface area (Å²) in [6, 6.07) is 0. The van der Waals surface area contributed by atoms with Gasteiger partial charge in [0.2, 0.25) is 0 Å². The standard InChI is InChI=1S/C12H20N.H2O/c1-13(2)7-11-9-3-4-10(6-5-9)12(11)8-13;/h3-4,9-12H,5-8H2,1-2H3;1H2/q+1;/p-1. The van der Waals surface area contributed by atoms with E-state index in [4.69, 9.17) is 0 Å². The van der Waals surface area contributed by atoms with Gasteiger partial charge in [-0.25, -0.2) is 0 Å². The molecular formula is C12H21NO. The molecule has 2 heteroatoms. The summed E-state index contributed by atoms with van der Waals surface area (Å²) in [5.41, 5.74) is 0. The molecule has 1 saturated carbocycles. The summed E-state index contributed by atoms with van der Waals surface area (Å²) in [5, 5.41) is 0. The highest BCUT2D eigenvalue weighted by molar-refractivity contribution is 5.10. The van der Waals surface area contributed by atoms with Crippen molar-refractivity contribution >= 4 is 0 Å². The SMILES string of the molecule is C[N+]1(C)CC2C3C=CC(CC3)C2C1.[OH-]. The van der Waals surface area contributed by atoms with Gasteiger partial charge < -0.3 is 9.96 Å². The zero-order valence-corrected chi connectivity index (χ0v) is 9.19. The molecule has 4 aliphatic rings. The van der Waals surface area contributed by atoms with Crippen LogP contribution in [0.1, 0.15) is 12.8 Å². The van der Waals surface area contributed by atoms with E-state index in [9.17, 15) is 0 Å². The number of likely N-dealkylation sites (tertiary alicyclic amines) is 1. The van der Waals surface area contributed by atoms with Gasteiger partial charge in [-0.1, -0.05) is 12.2 Å². The fraction of sp³-hybridized carbons (Fsp3) is 0.833. The molecule has 0 radical (unpaired) electrons. The molecule has 3 aliphatic carbocycles. The van der Waals surface area contributed by atoms with E-state index in [1.54, 1.807) is 0 Å². The lowest BCUT2D eigenvalue weighted by Gasteiger charge is -2.38. The van der Waals surface area contributed by atoms with Crippen molar-refractivity contribution in [2.75, 3.05) is 27.2 Å². The van der Waals surface area contributed by atoms with Crippen LogP contribution in [0.25, 0.3) is 0 Å². The molecule has 1 N–H and O–H groups in total. The van der Waals surface area contributed by atoms with Crippen LogP contribution in [0, 0.1) is 23.7 Å². The van der Waals surface area contributed by atoms with Crippen LogP contribution in [-0.2, 0) is 0 Å². The number of nitrogens with zero attached hydrogens (tertiary/aromatic N) is 1. The summed E-state index contributed by atoms with van der Waals surface area (Å²) in [6.45, 7) is 2.85. The van der Waals surface area contributed by atoms with Crippen LogP contribution >= 0.6 is 0 Å². The third-order valence-electron chi connectivity index (χ3n) is 4.50. The molecule has 4 unspecified atom stereocenters. The van der Waals surface area contributed by atoms with E-state index in [1.165, 1.54) is 30.4 Å². The number of hydrogen-bond donors (Lipinski definition) is 0. The van der Waals surface area contributed by atoms with Gasteiger partial charge >= 0.3 is 0 Å². The number of rotatable bonds is 0. The monoisotopic (exact) mass is 195 g/mol. The van der Waals surface area contributed by atoms with E-state index >= 15 is 0 Å². The lowest BCUT2D eigenvalue weighted by atomic mass is 9.64. The first kappa shape index (κ1) is 10.2. The molecule has 4 atom stereocenters. The molecule has 1 aliphatic heterocycles. The van der Waals surface area contributed by atoms with Crippen LogP contribution in [0.5, 0.6) is 0 Å². The molecular weight excluding hydrogens is 174 g/mol. The lowest BCUT2D eigenvalue weighted by molar-refractivity contribution is -0.880. The third-order valence-corrected chi connectivity index (χ3v) is 4.50. The summed E-state index contributed by atoms with van der Waals surface area (Å²) >= 11 is 0. The molecule has 80 valence electrons. The Kier molecular flexibility index (Phi) is 2.24. The smallest absolute Gasteiger partial charge is 0.0822 e. The first-order chi connectivity index (χ1) is 6.16. The highest BCUT2D eigenvalue weighted by atomic mass is 16.0. The number of quaternary nitrogens is 1. The first-order valence-corrected chi connectivity index (χ1v) is 5.66. The molecule has 0 spiro atoms. The van der Waals surface area contributed by atoms with Crippen LogP contribution in [-0.4, -0.2) is 37.1 Å². The summed E-state index contributed by atoms with van der Waals surface area (Å²) in [7, 11) is 4.80. The van der Waals surface area contributed by atoms with Crippen molar-refractivity contribution in [3.63, 3.8) is 0 Å². The van der Waals surface area contributed by atoms with Crippen molar-refractivity contribution in [1.29, 1.82) is 0 Å². The zero-order valence-electron chi connectivity index (χ0n) is 9.19. The van der Waals surface area contributed by atoms with E-state index in [2.05, 4.69) is 26.2 Å². The van der Waals surface area contributed by atoms with Gasteiger partial charge in [0, 0.05) is 11.8 Å². The Bertz CT molecular complexity index is 235. The quantitative estimate of drug-likeness (QED) is 0.427. The summed E-state index contributed by atoms with van der Waals surface area (Å²) in [6.07, 6.45) is 7.98. The molecule has 0 aromatic heterocycles. The van der Waals surface area contributed by atoms with Gasteiger partial charge in [0.05, 0.1) is 27.2 Å². The molecule has 4 rings (SSSR count). The average Bonchev–Trinajstić information content (AvgIpc) is 2.43. The lowest BCUT2D eigenvalue weighted by Crippen LogP contribution is -2.37. The Morgan fingerprint density at radius 2 is 1.36 bits per heavy atom. The minimum atomic E-state index is 0. The Morgan fingerprint density at radius 1 is 0.929 bits per heavy atom. The second-order valence-corrected chi connectivity index (χ2v) is 5.92. The second kappa shape index (κ2) is 3.07. The molecule has 0 aromatic rings. The van der Waals surface area contributed by atoms with Gasteiger partial charge in [-0.05, 0) is 24.7 Å². The molecule has 2 bridgehead atoms. The number of fused-ring (bicyclic) bond motifs is 1. The molecule has 2 nitrogen and oxygen atoms in total. The maximum Gasteiger partial charge on any atom is 0.0822 e. The molecule has 0 aromatic carbocycles. The fourth-order valence-electron chi connectivity index (χ4n) is 3.97. The van der Waals surface area contributed by atoms with E-state index in [1.807, 2.05) is 0 Å². The van der Waals surface area contributed by atoms with E-state index in [0.717, 1.165) is 23.7 Å². The molecule has 14 heavy (non-hydrogen) atoms. The maximum atomic E-state index is 2.51. The molecule has 2 fully saturated rings. The Hall–Kier alpha value is -0.340. The highest BCUT2D eigenvalue weighted by Gasteiger charge is 2.50. The van der Waals surface area contributed by atoms with Gasteiger partial charge in [-0.3, -0.25) is 0 Å². The van der Waals surface area contributed by atoms with Crippen LogP contribution < -0.4 is 0 Å². The van der Waals surface area contributed by atoms with E-state index < -0.39 is 0 Å². The van der Waals surface area contributed by atoms with Gasteiger partial charge in [-0.15, -0.1) is 0 Å². The van der Waals surface area contributed by atoms with E-state index in [-0.39, 0.29) is 5.48 Å². The summed E-state index contributed by atoms with van der Waals surface area (Å²) in [5.74, 6) is 3.93. The van der Waals surface area contributed by atoms with E-state index in [0.29, 0.717) is 0 Å². The number of allylic oxidation sites excluding steroid dienone is 2. The van der Waals surface area contributed by atoms with Crippen molar-refractivity contribution in [3.8, 4) is 0 Å². The zero-order chi connectivity index (χ0) is 9.05. The van der Waals surface area contributed by atoms with Gasteiger partial charge in [-0.2, -0.15) is 0 Å². The van der Waals surface area contributed by atoms with Crippen molar-refractivity contribution in [2.45, 2.75) is 12.8 Å². The third kappa shape index (κ3) is 1.32. The normalized spacial score (nSPS) is 47.3. The predicted molar refractivity (Wildman–Crippen MR) is 56.1 cm³/mol. The van der Waals surface area contributed by atoms with Crippen molar-refractivity contribution < 1.29 is 9.96 Å². The molecule has 0 amide bonds. The Labute approximate surface area is 86.5 Å².